The zero-order valence-electron chi connectivity index (χ0n) is 13.0. The molecule has 23 heavy (non-hydrogen) atoms. The summed E-state index contributed by atoms with van der Waals surface area (Å²) in [7, 11) is 1.41. The summed E-state index contributed by atoms with van der Waals surface area (Å²) in [6.07, 6.45) is 6.30. The fourth-order valence-corrected chi connectivity index (χ4v) is 2.48. The maximum atomic E-state index is 12.1. The van der Waals surface area contributed by atoms with Crippen molar-refractivity contribution in [3.63, 3.8) is 0 Å². The number of carbonyl (C=O) groups is 2. The molecule has 1 aliphatic heterocycles. The van der Waals surface area contributed by atoms with Crippen LogP contribution in [0.4, 0.5) is 4.79 Å². The number of carbonyl (C=O) groups excluding carboxylic acids is 2. The van der Waals surface area contributed by atoms with Crippen LogP contribution in [0.15, 0.2) is 59.9 Å². The molecule has 2 amide bonds. The Balaban J connectivity index is 1.85. The predicted octanol–water partition coefficient (Wildman–Crippen LogP) is 3.12. The summed E-state index contributed by atoms with van der Waals surface area (Å²) in [6.45, 7) is 1.96. The van der Waals surface area contributed by atoms with Crippen LogP contribution in [0.25, 0.3) is 0 Å². The number of cyclic esters (lactones) is 1. The van der Waals surface area contributed by atoms with Gasteiger partial charge in [0, 0.05) is 12.6 Å². The van der Waals surface area contributed by atoms with Gasteiger partial charge in [-0.1, -0.05) is 36.4 Å². The van der Waals surface area contributed by atoms with Gasteiger partial charge in [-0.3, -0.25) is 4.79 Å². The van der Waals surface area contributed by atoms with Crippen molar-refractivity contribution in [1.29, 1.82) is 0 Å². The van der Waals surface area contributed by atoms with Crippen molar-refractivity contribution in [3.8, 4) is 5.75 Å². The number of hydrogen-bond acceptors (Lipinski definition) is 4. The molecule has 0 radical (unpaired) electrons. The molecule has 0 bridgehead atoms. The maximum Gasteiger partial charge on any atom is 0.417 e. The van der Waals surface area contributed by atoms with E-state index in [9.17, 15) is 9.59 Å². The highest BCUT2D eigenvalue weighted by Gasteiger charge is 2.41. The number of nitrogens with zero attached hydrogens (tertiary/aromatic N) is 1. The lowest BCUT2D eigenvalue weighted by Crippen LogP contribution is -2.29. The summed E-state index contributed by atoms with van der Waals surface area (Å²) < 4.78 is 10.9. The van der Waals surface area contributed by atoms with E-state index in [2.05, 4.69) is 0 Å². The Hall–Kier alpha value is -2.82. The molecule has 1 heterocycles. The lowest BCUT2D eigenvalue weighted by atomic mass is 9.94. The predicted molar refractivity (Wildman–Crippen MR) is 84.8 cm³/mol. The minimum atomic E-state index is -0.899. The fourth-order valence-electron chi connectivity index (χ4n) is 2.48. The highest BCUT2D eigenvalue weighted by molar-refractivity contribution is 6.02. The molecule has 1 aliphatic carbocycles. The average molecular weight is 311 g/mol. The topological polar surface area (TPSA) is 55.8 Å². The van der Waals surface area contributed by atoms with E-state index in [-0.39, 0.29) is 5.91 Å². The van der Waals surface area contributed by atoms with E-state index in [0.29, 0.717) is 12.0 Å². The van der Waals surface area contributed by atoms with Gasteiger partial charge in [0.15, 0.2) is 0 Å². The van der Waals surface area contributed by atoms with Crippen LogP contribution in [0.3, 0.4) is 0 Å². The monoisotopic (exact) mass is 311 g/mol. The van der Waals surface area contributed by atoms with Gasteiger partial charge in [-0.15, -0.1) is 0 Å². The first-order valence-corrected chi connectivity index (χ1v) is 7.34. The lowest BCUT2D eigenvalue weighted by molar-refractivity contribution is -0.127. The van der Waals surface area contributed by atoms with E-state index in [0.717, 1.165) is 21.8 Å². The number of amides is 2. The Kier molecular flexibility index (Phi) is 4.02. The Morgan fingerprint density at radius 1 is 1.30 bits per heavy atom. The van der Waals surface area contributed by atoms with E-state index in [1.807, 2.05) is 43.3 Å². The normalized spacial score (nSPS) is 22.3. The Morgan fingerprint density at radius 3 is 2.78 bits per heavy atom. The van der Waals surface area contributed by atoms with Crippen LogP contribution in [0.2, 0.25) is 0 Å². The first-order valence-electron chi connectivity index (χ1n) is 7.34. The third-order valence-corrected chi connectivity index (χ3v) is 3.87. The van der Waals surface area contributed by atoms with E-state index >= 15 is 0 Å². The Labute approximate surface area is 134 Å². The number of benzene rings is 1. The van der Waals surface area contributed by atoms with Crippen molar-refractivity contribution in [2.75, 3.05) is 7.05 Å². The van der Waals surface area contributed by atoms with Crippen molar-refractivity contribution >= 4 is 12.0 Å². The molecule has 0 saturated carbocycles. The molecule has 1 saturated heterocycles. The summed E-state index contributed by atoms with van der Waals surface area (Å²) >= 11 is 0. The van der Waals surface area contributed by atoms with Crippen LogP contribution in [-0.2, 0) is 9.53 Å². The van der Waals surface area contributed by atoms with Crippen LogP contribution in [0.1, 0.15) is 12.0 Å². The molecular formula is C18H17NO4. The zero-order valence-corrected chi connectivity index (χ0v) is 13.0. The molecule has 1 aromatic rings. The van der Waals surface area contributed by atoms with Crippen LogP contribution in [0, 0.1) is 6.92 Å². The number of ether oxygens (including phenoxy) is 2. The van der Waals surface area contributed by atoms with E-state index in [4.69, 9.17) is 9.47 Å². The SMILES string of the molecule is Cc1ccccc1OC=C1CC=CC=C1C1OC(=O)N(C)C1=O. The van der Waals surface area contributed by atoms with Gasteiger partial charge in [0.05, 0.1) is 6.26 Å². The molecule has 5 nitrogen and oxygen atoms in total. The third-order valence-electron chi connectivity index (χ3n) is 3.87. The van der Waals surface area contributed by atoms with Crippen molar-refractivity contribution in [3.05, 3.63) is 65.5 Å². The molecule has 1 fully saturated rings. The summed E-state index contributed by atoms with van der Waals surface area (Å²) in [6, 6.07) is 7.68. The van der Waals surface area contributed by atoms with E-state index in [1.54, 1.807) is 12.3 Å². The molecule has 1 unspecified atom stereocenters. The van der Waals surface area contributed by atoms with Crippen molar-refractivity contribution in [2.24, 2.45) is 0 Å². The minimum absolute atomic E-state index is 0.363. The third kappa shape index (κ3) is 2.90. The summed E-state index contributed by atoms with van der Waals surface area (Å²) in [4.78, 5) is 24.7. The van der Waals surface area contributed by atoms with Gasteiger partial charge in [0.1, 0.15) is 5.75 Å². The molecule has 0 N–H and O–H groups in total. The molecule has 1 aromatic carbocycles. The summed E-state index contributed by atoms with van der Waals surface area (Å²) in [5, 5.41) is 0. The fraction of sp³-hybridized carbons (Fsp3) is 0.222. The Morgan fingerprint density at radius 2 is 2.09 bits per heavy atom. The van der Waals surface area contributed by atoms with Gasteiger partial charge in [-0.25, -0.2) is 9.69 Å². The molecule has 0 spiro atoms. The standard InChI is InChI=1S/C18H17NO4/c1-12-7-3-6-10-15(12)22-11-13-8-4-5-9-14(13)16-17(20)19(2)18(21)23-16/h3-7,9-11,16H,8H2,1-2H3. The molecule has 0 aromatic heterocycles. The minimum Gasteiger partial charge on any atom is -0.464 e. The summed E-state index contributed by atoms with van der Waals surface area (Å²) in [5.74, 6) is 0.388. The second-order valence-corrected chi connectivity index (χ2v) is 5.44. The van der Waals surface area contributed by atoms with Gasteiger partial charge in [0.2, 0.25) is 6.10 Å². The molecule has 3 rings (SSSR count). The van der Waals surface area contributed by atoms with Crippen LogP contribution < -0.4 is 4.74 Å². The van der Waals surface area contributed by atoms with Crippen molar-refractivity contribution < 1.29 is 19.1 Å². The van der Waals surface area contributed by atoms with Gasteiger partial charge in [-0.05, 0) is 30.5 Å². The van der Waals surface area contributed by atoms with E-state index < -0.39 is 12.2 Å². The number of para-hydroxylation sites is 1. The second kappa shape index (κ2) is 6.12. The molecule has 2 aliphatic rings. The lowest BCUT2D eigenvalue weighted by Gasteiger charge is -2.17. The number of hydrogen-bond donors (Lipinski definition) is 0. The number of likely N-dealkylation sites (N-methyl/N-ethyl adjacent to an activating group) is 1. The number of rotatable bonds is 3. The number of allylic oxidation sites excluding steroid dienone is 3. The molecule has 118 valence electrons. The molecule has 5 heteroatoms. The van der Waals surface area contributed by atoms with Crippen molar-refractivity contribution in [2.45, 2.75) is 19.4 Å². The second-order valence-electron chi connectivity index (χ2n) is 5.44. The highest BCUT2D eigenvalue weighted by atomic mass is 16.6. The number of imide groups is 1. The quantitative estimate of drug-likeness (QED) is 0.805. The maximum absolute atomic E-state index is 12.1. The zero-order chi connectivity index (χ0) is 16.4. The first-order chi connectivity index (χ1) is 11.1. The van der Waals surface area contributed by atoms with Gasteiger partial charge in [-0.2, -0.15) is 0 Å². The Bertz CT molecular complexity index is 745. The van der Waals surface area contributed by atoms with Crippen LogP contribution in [0.5, 0.6) is 5.75 Å². The van der Waals surface area contributed by atoms with Crippen LogP contribution in [-0.4, -0.2) is 30.1 Å². The van der Waals surface area contributed by atoms with Gasteiger partial charge >= 0.3 is 6.09 Å². The average Bonchev–Trinajstić information content (AvgIpc) is 2.82. The van der Waals surface area contributed by atoms with Gasteiger partial charge < -0.3 is 9.47 Å². The van der Waals surface area contributed by atoms with E-state index in [1.165, 1.54) is 7.05 Å². The smallest absolute Gasteiger partial charge is 0.417 e. The number of aryl methyl sites for hydroxylation is 1. The van der Waals surface area contributed by atoms with Crippen molar-refractivity contribution in [1.82, 2.24) is 4.90 Å². The molecular weight excluding hydrogens is 294 g/mol. The summed E-state index contributed by atoms with van der Waals surface area (Å²) in [5.41, 5.74) is 2.49. The van der Waals surface area contributed by atoms with Gasteiger partial charge in [0.25, 0.3) is 5.91 Å². The largest absolute Gasteiger partial charge is 0.464 e. The first kappa shape index (κ1) is 15.1. The highest BCUT2D eigenvalue weighted by Crippen LogP contribution is 2.29. The van der Waals surface area contributed by atoms with Crippen LogP contribution >= 0.6 is 0 Å². The molecule has 1 atom stereocenters.